The molecule has 0 radical (unpaired) electrons. The molecule has 6 nitrogen and oxygen atoms in total. The zero-order chi connectivity index (χ0) is 16.3. The maximum atomic E-state index is 12.3. The third-order valence-corrected chi connectivity index (χ3v) is 4.95. The molecule has 0 atom stereocenters. The van der Waals surface area contributed by atoms with Gasteiger partial charge in [-0.1, -0.05) is 22.0 Å². The van der Waals surface area contributed by atoms with Crippen LogP contribution in [0.2, 0.25) is 0 Å². The van der Waals surface area contributed by atoms with Gasteiger partial charge < -0.3 is 0 Å². The summed E-state index contributed by atoms with van der Waals surface area (Å²) in [6, 6.07) is 13.6. The Bertz CT molecular complexity index is 893. The van der Waals surface area contributed by atoms with Crippen LogP contribution in [0, 0.1) is 0 Å². The summed E-state index contributed by atoms with van der Waals surface area (Å²) in [6.45, 7) is 0.473. The van der Waals surface area contributed by atoms with Gasteiger partial charge in [0.25, 0.3) is 10.0 Å². The van der Waals surface area contributed by atoms with Gasteiger partial charge >= 0.3 is 0 Å². The van der Waals surface area contributed by atoms with Crippen molar-refractivity contribution in [1.29, 1.82) is 0 Å². The van der Waals surface area contributed by atoms with Crippen LogP contribution in [0.25, 0.3) is 0 Å². The van der Waals surface area contributed by atoms with Gasteiger partial charge in [0.15, 0.2) is 5.82 Å². The molecule has 0 aliphatic heterocycles. The molecule has 23 heavy (non-hydrogen) atoms. The first kappa shape index (κ1) is 15.7. The third-order valence-electron chi connectivity index (χ3n) is 3.05. The molecule has 2 heterocycles. The number of rotatable bonds is 5. The molecule has 0 amide bonds. The Kier molecular flexibility index (Phi) is 4.44. The maximum Gasteiger partial charge on any atom is 0.263 e. The van der Waals surface area contributed by atoms with Crippen molar-refractivity contribution in [1.82, 2.24) is 14.8 Å². The number of nitrogens with one attached hydrogen (secondary N) is 1. The van der Waals surface area contributed by atoms with Crippen LogP contribution in [0.5, 0.6) is 0 Å². The topological polar surface area (TPSA) is 76.9 Å². The summed E-state index contributed by atoms with van der Waals surface area (Å²) >= 11 is 3.28. The van der Waals surface area contributed by atoms with E-state index in [2.05, 4.69) is 30.7 Å². The second kappa shape index (κ2) is 6.51. The van der Waals surface area contributed by atoms with Gasteiger partial charge in [-0.2, -0.15) is 5.10 Å². The highest BCUT2D eigenvalue weighted by Crippen LogP contribution is 2.17. The Morgan fingerprint density at radius 2 is 1.87 bits per heavy atom. The first-order chi connectivity index (χ1) is 11.0. The van der Waals surface area contributed by atoms with Gasteiger partial charge in [-0.3, -0.25) is 14.4 Å². The summed E-state index contributed by atoms with van der Waals surface area (Å²) in [5.41, 5.74) is 0.845. The molecule has 8 heteroatoms. The lowest BCUT2D eigenvalue weighted by Crippen LogP contribution is -2.13. The van der Waals surface area contributed by atoms with Crippen molar-refractivity contribution >= 4 is 31.8 Å². The lowest BCUT2D eigenvalue weighted by molar-refractivity contribution is 0.600. The predicted octanol–water partition coefficient (Wildman–Crippen LogP) is 2.89. The summed E-state index contributed by atoms with van der Waals surface area (Å²) in [5, 5.41) is 4.21. The SMILES string of the molecule is O=S(=O)(Nc1ccn(Cc2ccccn2)n1)c1ccc(Br)cc1. The van der Waals surface area contributed by atoms with Gasteiger partial charge in [0.1, 0.15) is 0 Å². The molecule has 0 fully saturated rings. The molecule has 0 unspecified atom stereocenters. The van der Waals surface area contributed by atoms with E-state index in [1.807, 2.05) is 18.2 Å². The van der Waals surface area contributed by atoms with Crippen molar-refractivity contribution in [3.8, 4) is 0 Å². The van der Waals surface area contributed by atoms with Gasteiger partial charge in [0, 0.05) is 22.9 Å². The van der Waals surface area contributed by atoms with E-state index < -0.39 is 10.0 Å². The van der Waals surface area contributed by atoms with Crippen LogP contribution in [0.3, 0.4) is 0 Å². The molecule has 0 aliphatic carbocycles. The maximum absolute atomic E-state index is 12.3. The van der Waals surface area contributed by atoms with Crippen LogP contribution >= 0.6 is 15.9 Å². The number of benzene rings is 1. The van der Waals surface area contributed by atoms with Gasteiger partial charge in [-0.05, 0) is 36.4 Å². The van der Waals surface area contributed by atoms with Crippen molar-refractivity contribution in [3.05, 3.63) is 71.1 Å². The second-order valence-electron chi connectivity index (χ2n) is 4.78. The van der Waals surface area contributed by atoms with E-state index in [0.29, 0.717) is 6.54 Å². The fourth-order valence-electron chi connectivity index (χ4n) is 1.97. The summed E-state index contributed by atoms with van der Waals surface area (Å²) in [5.74, 6) is 0.267. The summed E-state index contributed by atoms with van der Waals surface area (Å²) in [4.78, 5) is 4.39. The Morgan fingerprint density at radius 1 is 1.09 bits per heavy atom. The van der Waals surface area contributed by atoms with Gasteiger partial charge in [0.05, 0.1) is 17.1 Å². The average molecular weight is 393 g/mol. The largest absolute Gasteiger partial charge is 0.265 e. The molecular formula is C15H13BrN4O2S. The third kappa shape index (κ3) is 3.96. The van der Waals surface area contributed by atoms with Crippen LogP contribution in [-0.4, -0.2) is 23.2 Å². The lowest BCUT2D eigenvalue weighted by atomic mass is 10.3. The number of anilines is 1. The van der Waals surface area contributed by atoms with Crippen LogP contribution in [0.1, 0.15) is 5.69 Å². The van der Waals surface area contributed by atoms with Crippen LogP contribution in [0.4, 0.5) is 5.82 Å². The Balaban J connectivity index is 1.74. The highest BCUT2D eigenvalue weighted by molar-refractivity contribution is 9.10. The molecule has 2 aromatic heterocycles. The van der Waals surface area contributed by atoms with E-state index in [4.69, 9.17) is 0 Å². The summed E-state index contributed by atoms with van der Waals surface area (Å²) < 4.78 is 29.5. The second-order valence-corrected chi connectivity index (χ2v) is 7.38. The molecule has 0 saturated carbocycles. The number of pyridine rings is 1. The fourth-order valence-corrected chi connectivity index (χ4v) is 3.23. The van der Waals surface area contributed by atoms with Gasteiger partial charge in [-0.25, -0.2) is 8.42 Å². The average Bonchev–Trinajstić information content (AvgIpc) is 2.95. The van der Waals surface area contributed by atoms with Crippen molar-refractivity contribution in [2.45, 2.75) is 11.4 Å². The first-order valence-corrected chi connectivity index (χ1v) is 9.02. The quantitative estimate of drug-likeness (QED) is 0.723. The van der Waals surface area contributed by atoms with E-state index in [1.165, 1.54) is 12.1 Å². The molecular weight excluding hydrogens is 380 g/mol. The van der Waals surface area contributed by atoms with Crippen molar-refractivity contribution in [2.75, 3.05) is 4.72 Å². The molecule has 3 aromatic rings. The number of aromatic nitrogens is 3. The number of nitrogens with zero attached hydrogens (tertiary/aromatic N) is 3. The highest BCUT2D eigenvalue weighted by Gasteiger charge is 2.15. The number of halogens is 1. The molecule has 1 aromatic carbocycles. The molecule has 118 valence electrons. The zero-order valence-electron chi connectivity index (χ0n) is 11.9. The Hall–Kier alpha value is -2.19. The monoisotopic (exact) mass is 392 g/mol. The standard InChI is InChI=1S/C15H13BrN4O2S/c16-12-4-6-14(7-5-12)23(21,22)19-15-8-10-20(18-15)11-13-3-1-2-9-17-13/h1-10H,11H2,(H,18,19). The normalized spacial score (nSPS) is 11.3. The molecule has 0 aliphatic rings. The minimum atomic E-state index is -3.65. The van der Waals surface area contributed by atoms with E-state index in [9.17, 15) is 8.42 Å². The molecule has 0 spiro atoms. The minimum absolute atomic E-state index is 0.181. The van der Waals surface area contributed by atoms with Crippen LogP contribution in [0.15, 0.2) is 70.3 Å². The first-order valence-electron chi connectivity index (χ1n) is 6.75. The highest BCUT2D eigenvalue weighted by atomic mass is 79.9. The van der Waals surface area contributed by atoms with Gasteiger partial charge in [-0.15, -0.1) is 0 Å². The Morgan fingerprint density at radius 3 is 2.57 bits per heavy atom. The van der Waals surface area contributed by atoms with Crippen molar-refractivity contribution in [3.63, 3.8) is 0 Å². The molecule has 0 saturated heterocycles. The van der Waals surface area contributed by atoms with E-state index in [1.54, 1.807) is 35.3 Å². The van der Waals surface area contributed by atoms with E-state index in [-0.39, 0.29) is 10.7 Å². The summed E-state index contributed by atoms with van der Waals surface area (Å²) in [7, 11) is -3.65. The van der Waals surface area contributed by atoms with Crippen molar-refractivity contribution < 1.29 is 8.42 Å². The van der Waals surface area contributed by atoms with Crippen LogP contribution in [-0.2, 0) is 16.6 Å². The van der Waals surface area contributed by atoms with Gasteiger partial charge in [0.2, 0.25) is 0 Å². The smallest absolute Gasteiger partial charge is 0.263 e. The van der Waals surface area contributed by atoms with E-state index >= 15 is 0 Å². The number of hydrogen-bond acceptors (Lipinski definition) is 4. The molecule has 0 bridgehead atoms. The molecule has 1 N–H and O–H groups in total. The predicted molar refractivity (Wildman–Crippen MR) is 90.5 cm³/mol. The zero-order valence-corrected chi connectivity index (χ0v) is 14.3. The van der Waals surface area contributed by atoms with Crippen LogP contribution < -0.4 is 4.72 Å². The molecule has 3 rings (SSSR count). The fraction of sp³-hybridized carbons (Fsp3) is 0.0667. The summed E-state index contributed by atoms with van der Waals surface area (Å²) in [6.07, 6.45) is 3.41. The number of hydrogen-bond donors (Lipinski definition) is 1. The van der Waals surface area contributed by atoms with Crippen molar-refractivity contribution in [2.24, 2.45) is 0 Å². The minimum Gasteiger partial charge on any atom is -0.265 e. The lowest BCUT2D eigenvalue weighted by Gasteiger charge is -2.05. The Labute approximate surface area is 142 Å². The number of sulfonamides is 1. The van der Waals surface area contributed by atoms with E-state index in [0.717, 1.165) is 10.2 Å².